The molecule has 0 aromatic rings. The monoisotopic (exact) mass is 989 g/mol. The predicted octanol–water partition coefficient (Wildman–Crippen LogP) is 21.4. The summed E-state index contributed by atoms with van der Waals surface area (Å²) < 4.78 is 16.9. The Morgan fingerprint density at radius 2 is 0.500 bits per heavy atom. The van der Waals surface area contributed by atoms with Crippen molar-refractivity contribution >= 4 is 17.9 Å². The number of unbranched alkanes of at least 4 members (excludes halogenated alkanes) is 45. The van der Waals surface area contributed by atoms with Gasteiger partial charge in [-0.25, -0.2) is 0 Å². The zero-order valence-corrected chi connectivity index (χ0v) is 48.0. The standard InChI is InChI=1S/C64H124O6/c1-5-8-10-12-14-16-18-20-22-28-33-37-41-45-49-53-57-64(67)70-61(58-68-62(65)55-51-47-43-39-35-31-21-19-17-15-13-11-9-6-2)59-69-63(66)56-52-48-44-40-36-32-29-26-24-23-25-27-30-34-38-42-46-50-54-60(4)7-3/h60-61H,5-59H2,1-4H3/t60?,61-/m1/s1. The van der Waals surface area contributed by atoms with E-state index in [0.29, 0.717) is 19.3 Å². The molecule has 416 valence electrons. The molecule has 0 aliphatic rings. The van der Waals surface area contributed by atoms with E-state index < -0.39 is 6.10 Å². The van der Waals surface area contributed by atoms with Crippen molar-refractivity contribution in [2.75, 3.05) is 13.2 Å². The van der Waals surface area contributed by atoms with Gasteiger partial charge >= 0.3 is 17.9 Å². The number of esters is 3. The summed E-state index contributed by atoms with van der Waals surface area (Å²) in [7, 11) is 0. The van der Waals surface area contributed by atoms with Gasteiger partial charge in [0.25, 0.3) is 0 Å². The highest BCUT2D eigenvalue weighted by molar-refractivity contribution is 5.71. The van der Waals surface area contributed by atoms with Crippen LogP contribution in [-0.4, -0.2) is 37.2 Å². The Kier molecular flexibility index (Phi) is 57.0. The molecule has 0 heterocycles. The molecule has 0 aliphatic heterocycles. The Balaban J connectivity index is 4.24. The molecule has 6 heteroatoms. The molecular formula is C64H124O6. The van der Waals surface area contributed by atoms with Crippen molar-refractivity contribution in [3.63, 3.8) is 0 Å². The first kappa shape index (κ1) is 68.4. The summed E-state index contributed by atoms with van der Waals surface area (Å²) in [6, 6.07) is 0. The quantitative estimate of drug-likeness (QED) is 0.0343. The number of hydrogen-bond donors (Lipinski definition) is 0. The Bertz CT molecular complexity index is 1060. The molecule has 0 saturated carbocycles. The lowest BCUT2D eigenvalue weighted by atomic mass is 9.99. The molecule has 2 atom stereocenters. The van der Waals surface area contributed by atoms with Crippen molar-refractivity contribution in [1.29, 1.82) is 0 Å². The molecule has 0 radical (unpaired) electrons. The summed E-state index contributed by atoms with van der Waals surface area (Å²) in [4.78, 5) is 38.3. The summed E-state index contributed by atoms with van der Waals surface area (Å²) in [6.45, 7) is 9.13. The molecule has 0 aromatic heterocycles. The minimum atomic E-state index is -0.762. The zero-order valence-electron chi connectivity index (χ0n) is 48.0. The number of ether oxygens (including phenoxy) is 3. The lowest BCUT2D eigenvalue weighted by Gasteiger charge is -2.18. The van der Waals surface area contributed by atoms with Gasteiger partial charge in [0, 0.05) is 19.3 Å². The molecule has 0 N–H and O–H groups in total. The highest BCUT2D eigenvalue weighted by Crippen LogP contribution is 2.19. The van der Waals surface area contributed by atoms with Crippen LogP contribution in [-0.2, 0) is 28.6 Å². The first-order valence-corrected chi connectivity index (χ1v) is 31.9. The first-order chi connectivity index (χ1) is 34.4. The van der Waals surface area contributed by atoms with Gasteiger partial charge in [-0.05, 0) is 25.2 Å². The molecule has 0 aromatic carbocycles. The summed E-state index contributed by atoms with van der Waals surface area (Å²) in [5.41, 5.74) is 0. The van der Waals surface area contributed by atoms with Crippen LogP contribution in [0.2, 0.25) is 0 Å². The molecular weight excluding hydrogens is 865 g/mol. The van der Waals surface area contributed by atoms with Gasteiger partial charge in [0.15, 0.2) is 6.10 Å². The highest BCUT2D eigenvalue weighted by Gasteiger charge is 2.19. The molecule has 0 rings (SSSR count). The van der Waals surface area contributed by atoms with E-state index in [1.54, 1.807) is 0 Å². The Labute approximate surface area is 438 Å². The van der Waals surface area contributed by atoms with Crippen molar-refractivity contribution in [2.45, 2.75) is 374 Å². The van der Waals surface area contributed by atoms with E-state index in [1.807, 2.05) is 0 Å². The van der Waals surface area contributed by atoms with Gasteiger partial charge in [-0.3, -0.25) is 14.4 Å². The second-order valence-electron chi connectivity index (χ2n) is 22.3. The Morgan fingerprint density at radius 1 is 0.286 bits per heavy atom. The molecule has 0 saturated heterocycles. The van der Waals surface area contributed by atoms with Crippen LogP contribution in [0, 0.1) is 5.92 Å². The minimum Gasteiger partial charge on any atom is -0.462 e. The van der Waals surface area contributed by atoms with E-state index in [-0.39, 0.29) is 31.1 Å². The first-order valence-electron chi connectivity index (χ1n) is 31.9. The predicted molar refractivity (Wildman–Crippen MR) is 303 cm³/mol. The van der Waals surface area contributed by atoms with Crippen molar-refractivity contribution < 1.29 is 28.6 Å². The average Bonchev–Trinajstić information content (AvgIpc) is 3.36. The van der Waals surface area contributed by atoms with Gasteiger partial charge in [-0.2, -0.15) is 0 Å². The fourth-order valence-corrected chi connectivity index (χ4v) is 9.95. The van der Waals surface area contributed by atoms with E-state index in [2.05, 4.69) is 27.7 Å². The lowest BCUT2D eigenvalue weighted by molar-refractivity contribution is -0.167. The van der Waals surface area contributed by atoms with Crippen LogP contribution in [0.15, 0.2) is 0 Å². The average molecular weight is 990 g/mol. The lowest BCUT2D eigenvalue weighted by Crippen LogP contribution is -2.30. The van der Waals surface area contributed by atoms with Gasteiger partial charge in [-0.1, -0.05) is 329 Å². The molecule has 0 amide bonds. The van der Waals surface area contributed by atoms with Gasteiger partial charge < -0.3 is 14.2 Å². The van der Waals surface area contributed by atoms with Crippen LogP contribution in [0.3, 0.4) is 0 Å². The maximum absolute atomic E-state index is 12.9. The molecule has 0 fully saturated rings. The summed E-state index contributed by atoms with van der Waals surface area (Å²) in [6.07, 6.45) is 65.2. The van der Waals surface area contributed by atoms with Crippen LogP contribution in [0.4, 0.5) is 0 Å². The summed E-state index contributed by atoms with van der Waals surface area (Å²) in [5.74, 6) is 0.0824. The number of carbonyl (C=O) groups is 3. The Morgan fingerprint density at radius 3 is 0.743 bits per heavy atom. The van der Waals surface area contributed by atoms with Crippen LogP contribution in [0.25, 0.3) is 0 Å². The van der Waals surface area contributed by atoms with Crippen LogP contribution in [0.1, 0.15) is 368 Å². The molecule has 0 spiro atoms. The molecule has 70 heavy (non-hydrogen) atoms. The van der Waals surface area contributed by atoms with Gasteiger partial charge in [0.2, 0.25) is 0 Å². The van der Waals surface area contributed by atoms with Gasteiger partial charge in [0.05, 0.1) is 0 Å². The van der Waals surface area contributed by atoms with Crippen molar-refractivity contribution in [1.82, 2.24) is 0 Å². The van der Waals surface area contributed by atoms with Crippen LogP contribution in [0.5, 0.6) is 0 Å². The number of hydrogen-bond acceptors (Lipinski definition) is 6. The van der Waals surface area contributed by atoms with Crippen LogP contribution < -0.4 is 0 Å². The Hall–Kier alpha value is -1.59. The normalized spacial score (nSPS) is 12.3. The third-order valence-electron chi connectivity index (χ3n) is 15.2. The minimum absolute atomic E-state index is 0.0611. The highest BCUT2D eigenvalue weighted by atomic mass is 16.6. The molecule has 6 nitrogen and oxygen atoms in total. The third-order valence-corrected chi connectivity index (χ3v) is 15.2. The number of carbonyl (C=O) groups excluding carboxylic acids is 3. The van der Waals surface area contributed by atoms with E-state index >= 15 is 0 Å². The fraction of sp³-hybridized carbons (Fsp3) is 0.953. The fourth-order valence-electron chi connectivity index (χ4n) is 9.95. The van der Waals surface area contributed by atoms with E-state index in [9.17, 15) is 14.4 Å². The van der Waals surface area contributed by atoms with E-state index in [1.165, 1.54) is 263 Å². The van der Waals surface area contributed by atoms with Gasteiger partial charge in [0.1, 0.15) is 13.2 Å². The van der Waals surface area contributed by atoms with Crippen molar-refractivity contribution in [3.8, 4) is 0 Å². The largest absolute Gasteiger partial charge is 0.462 e. The molecule has 0 aliphatic carbocycles. The van der Waals surface area contributed by atoms with Gasteiger partial charge in [-0.15, -0.1) is 0 Å². The smallest absolute Gasteiger partial charge is 0.306 e. The topological polar surface area (TPSA) is 78.9 Å². The third kappa shape index (κ3) is 55.7. The second kappa shape index (κ2) is 58.3. The van der Waals surface area contributed by atoms with E-state index in [0.717, 1.165) is 63.7 Å². The molecule has 0 bridgehead atoms. The second-order valence-corrected chi connectivity index (χ2v) is 22.3. The maximum atomic E-state index is 12.9. The summed E-state index contributed by atoms with van der Waals surface area (Å²) in [5, 5.41) is 0. The summed E-state index contributed by atoms with van der Waals surface area (Å²) >= 11 is 0. The van der Waals surface area contributed by atoms with Crippen molar-refractivity contribution in [3.05, 3.63) is 0 Å². The SMILES string of the molecule is CCCCCCCCCCCCCCCCCCC(=O)O[C@H](COC(=O)CCCCCCCCCCCCCCCC)COC(=O)CCCCCCCCCCCCCCCCCCCCC(C)CC. The molecule has 1 unspecified atom stereocenters. The zero-order chi connectivity index (χ0) is 50.9. The van der Waals surface area contributed by atoms with Crippen LogP contribution >= 0.6 is 0 Å². The maximum Gasteiger partial charge on any atom is 0.306 e. The van der Waals surface area contributed by atoms with E-state index in [4.69, 9.17) is 14.2 Å². The number of rotatable bonds is 59. The van der Waals surface area contributed by atoms with Crippen molar-refractivity contribution in [2.24, 2.45) is 5.92 Å².